The molecule has 36 heavy (non-hydrogen) atoms. The molecule has 0 saturated heterocycles. The fourth-order valence-corrected chi connectivity index (χ4v) is 2.05. The van der Waals surface area contributed by atoms with E-state index in [2.05, 4.69) is 0 Å². The van der Waals surface area contributed by atoms with Crippen LogP contribution in [0.25, 0.3) is 0 Å². The zero-order valence-electron chi connectivity index (χ0n) is 21.0. The Hall–Kier alpha value is 2.01. The van der Waals surface area contributed by atoms with Crippen LogP contribution in [0.1, 0.15) is 0 Å². The predicted octanol–water partition coefficient (Wildman–Crippen LogP) is -12.9. The van der Waals surface area contributed by atoms with E-state index in [4.69, 9.17) is 12.0 Å². The van der Waals surface area contributed by atoms with Crippen LogP contribution < -0.4 is 0 Å². The summed E-state index contributed by atoms with van der Waals surface area (Å²) < 4.78 is 4.80. The SMILES string of the molecule is [B]=BB=BB=BB=BB=BB=BB=BB=BB=BB=BB=BB=BB=BB=BB=BB=BB=BOC. The molecule has 0 aliphatic carbocycles. The predicted molar refractivity (Wildman–Crippen MR) is 203 cm³/mol. The normalized spacial score (nSPS) is 7.56. The van der Waals surface area contributed by atoms with Crippen LogP contribution in [0.4, 0.5) is 0 Å². The zero-order chi connectivity index (χ0) is 26.0. The average molecular weight is 399 g/mol. The second-order valence-electron chi connectivity index (χ2n) is 6.53. The third-order valence-corrected chi connectivity index (χ3v) is 3.66. The van der Waals surface area contributed by atoms with E-state index in [1.165, 1.54) is 6.69 Å². The monoisotopic (exact) mass is 405 g/mol. The summed E-state index contributed by atoms with van der Waals surface area (Å²) in [5.74, 6) is 0. The molecule has 0 amide bonds. The number of rotatable bonds is 17. The summed E-state index contributed by atoms with van der Waals surface area (Å²) in [6, 6.07) is 0. The second kappa shape index (κ2) is 37.0. The van der Waals surface area contributed by atoms with E-state index >= 15 is 0 Å². The topological polar surface area (TPSA) is 9.23 Å². The van der Waals surface area contributed by atoms with Gasteiger partial charge < -0.3 is 0 Å². The van der Waals surface area contributed by atoms with Gasteiger partial charge in [-0.15, -0.1) is 0 Å². The van der Waals surface area contributed by atoms with E-state index in [1.54, 1.807) is 20.8 Å². The Morgan fingerprint density at radius 2 is 0.444 bits per heavy atom. The van der Waals surface area contributed by atoms with Crippen molar-refractivity contribution in [3.8, 4) is 0 Å². The van der Waals surface area contributed by atoms with Crippen molar-refractivity contribution in [2.45, 2.75) is 0 Å². The van der Waals surface area contributed by atoms with Crippen molar-refractivity contribution in [2.24, 2.45) is 0 Å². The summed E-state index contributed by atoms with van der Waals surface area (Å²) in [6.45, 7) is 62.2. The first-order valence-corrected chi connectivity index (χ1v) is 11.6. The van der Waals surface area contributed by atoms with Crippen LogP contribution in [0.5, 0.6) is 0 Å². The summed E-state index contributed by atoms with van der Waals surface area (Å²) in [5.41, 5.74) is 0. The first-order valence-electron chi connectivity index (χ1n) is 11.6. The van der Waals surface area contributed by atoms with Crippen molar-refractivity contribution in [1.82, 2.24) is 0 Å². The van der Waals surface area contributed by atoms with Gasteiger partial charge in [0, 0.05) is 0 Å². The molecule has 0 N–H and O–H groups in total. The van der Waals surface area contributed by atoms with Gasteiger partial charge in [-0.1, -0.05) is 0 Å². The molecule has 1 nitrogen and oxygen atoms in total. The van der Waals surface area contributed by atoms with Crippen LogP contribution in [0.15, 0.2) is 0 Å². The van der Waals surface area contributed by atoms with E-state index in [0.29, 0.717) is 0 Å². The molecule has 0 unspecified atom stereocenters. The maximum atomic E-state index is 5.23. The van der Waals surface area contributed by atoms with Gasteiger partial charge >= 0.3 is 240 Å². The molecule has 115 valence electrons. The molecule has 35 heteroatoms. The van der Waals surface area contributed by atoms with Crippen LogP contribution in [-0.4, -0.2) is 236 Å². The number of hydrogen-bond acceptors (Lipinski definition) is 1. The van der Waals surface area contributed by atoms with Gasteiger partial charge in [0.25, 0.3) is 0 Å². The molecule has 0 fully saturated rings. The van der Waals surface area contributed by atoms with E-state index < -0.39 is 0 Å². The molecule has 0 rings (SSSR count). The summed E-state index contributed by atoms with van der Waals surface area (Å²) in [5, 5.41) is 0. The van der Waals surface area contributed by atoms with Gasteiger partial charge in [0.15, 0.2) is 0 Å². The fraction of sp³-hybridized carbons (Fsp3) is 1.00. The molecule has 0 bridgehead atoms. The van der Waals surface area contributed by atoms with Crippen LogP contribution >= 0.6 is 0 Å². The minimum absolute atomic E-state index is 1.50. The van der Waals surface area contributed by atoms with Crippen molar-refractivity contribution >= 4 is 229 Å². The fourth-order valence-electron chi connectivity index (χ4n) is 2.05. The van der Waals surface area contributed by atoms with E-state index in [1.807, 2.05) is 201 Å². The Labute approximate surface area is 239 Å². The van der Waals surface area contributed by atoms with Crippen molar-refractivity contribution in [1.29, 1.82) is 0 Å². The van der Waals surface area contributed by atoms with E-state index in [9.17, 15) is 0 Å². The van der Waals surface area contributed by atoms with Crippen LogP contribution in [0, 0.1) is 0 Å². The summed E-state index contributed by atoms with van der Waals surface area (Å²) in [7, 11) is 8.48. The van der Waals surface area contributed by atoms with E-state index in [0.717, 1.165) is 0 Å². The molecule has 0 spiro atoms. The average Bonchev–Trinajstić information content (AvgIpc) is 2.89. The summed E-state index contributed by atoms with van der Waals surface area (Å²) in [4.78, 5) is 0. The van der Waals surface area contributed by atoms with Gasteiger partial charge in [0.05, 0.1) is 0 Å². The molecule has 0 aromatic carbocycles. The molecule has 0 aliphatic heterocycles. The van der Waals surface area contributed by atoms with Gasteiger partial charge in [-0.05, 0) is 0 Å². The van der Waals surface area contributed by atoms with Gasteiger partial charge in [-0.25, -0.2) is 0 Å². The molecule has 0 aromatic heterocycles. The third-order valence-electron chi connectivity index (χ3n) is 3.66. The summed E-state index contributed by atoms with van der Waals surface area (Å²) >= 11 is 0. The first-order chi connectivity index (χ1) is 17.9. The second-order valence-corrected chi connectivity index (χ2v) is 6.53. The van der Waals surface area contributed by atoms with Crippen LogP contribution in [0.2, 0.25) is 0 Å². The zero-order valence-corrected chi connectivity index (χ0v) is 21.0. The Morgan fingerprint density at radius 3 is 0.611 bits per heavy atom. The van der Waals surface area contributed by atoms with Gasteiger partial charge in [-0.3, -0.25) is 0 Å². The van der Waals surface area contributed by atoms with Crippen molar-refractivity contribution < 1.29 is 4.65 Å². The molecule has 0 saturated carbocycles. The Bertz CT molecular complexity index is 1020. The molecule has 0 aromatic rings. The number of hydrogen-bond donors (Lipinski definition) is 0. The van der Waals surface area contributed by atoms with Gasteiger partial charge in [0.2, 0.25) is 0 Å². The van der Waals surface area contributed by atoms with Gasteiger partial charge in [0.1, 0.15) is 0 Å². The molecule has 0 aliphatic rings. The Kier molecular flexibility index (Phi) is 39.1. The van der Waals surface area contributed by atoms with Crippen LogP contribution in [-0.2, 0) is 4.65 Å². The Balaban J connectivity index is 3.99. The van der Waals surface area contributed by atoms with E-state index in [-0.39, 0.29) is 0 Å². The molecular weight excluding hydrogens is 396 g/mol. The standard InChI is InChI=1S/CH3B34O/c1-36-35-34-33-32-31-30-29-28-27-26-25-24-23-22-21-20-19-18-17-16-15-14-13-12-11-10-9-8-7-6-5-4-3-2/h1H3. The van der Waals surface area contributed by atoms with Crippen molar-refractivity contribution in [3.63, 3.8) is 0 Å². The van der Waals surface area contributed by atoms with Crippen molar-refractivity contribution in [3.05, 3.63) is 0 Å². The first kappa shape index (κ1) is 38.0. The Morgan fingerprint density at radius 1 is 0.278 bits per heavy atom. The third kappa shape index (κ3) is 36.0. The minimum atomic E-state index is 1.50. The molecular formula is CH3B34O. The maximum absolute atomic E-state index is 5.23. The molecule has 1 radical (unpaired) electrons. The van der Waals surface area contributed by atoms with Crippen molar-refractivity contribution in [2.75, 3.05) is 7.11 Å². The van der Waals surface area contributed by atoms with Crippen LogP contribution in [0.3, 0.4) is 0 Å². The molecule has 0 heterocycles. The quantitative estimate of drug-likeness (QED) is 0.221. The van der Waals surface area contributed by atoms with Gasteiger partial charge in [-0.2, -0.15) is 0 Å². The molecule has 0 atom stereocenters. The summed E-state index contributed by atoms with van der Waals surface area (Å²) in [6.07, 6.45) is 0.